The number of carbonyl (C=O) groups is 2. The Bertz CT molecular complexity index is 464. The van der Waals surface area contributed by atoms with Crippen molar-refractivity contribution in [1.82, 2.24) is 4.90 Å². The molecule has 1 fully saturated rings. The van der Waals surface area contributed by atoms with Gasteiger partial charge in [0.1, 0.15) is 0 Å². The van der Waals surface area contributed by atoms with E-state index in [0.717, 1.165) is 31.2 Å². The van der Waals surface area contributed by atoms with Crippen LogP contribution in [0.2, 0.25) is 0 Å². The minimum Gasteiger partial charge on any atom is -0.449 e. The minimum atomic E-state index is -0.242. The molecule has 0 atom stereocenters. The first-order valence-electron chi connectivity index (χ1n) is 7.73. The van der Waals surface area contributed by atoms with Crippen LogP contribution in [-0.4, -0.2) is 36.5 Å². The van der Waals surface area contributed by atoms with E-state index in [0.29, 0.717) is 19.7 Å². The molecule has 1 aliphatic rings. The molecular weight excluding hydrogens is 266 g/mol. The summed E-state index contributed by atoms with van der Waals surface area (Å²) >= 11 is 0. The lowest BCUT2D eigenvalue weighted by molar-refractivity contribution is 0.0734. The van der Waals surface area contributed by atoms with E-state index in [2.05, 4.69) is 6.92 Å². The number of ketones is 1. The predicted octanol–water partition coefficient (Wildman–Crippen LogP) is 3.52. The largest absolute Gasteiger partial charge is 0.449 e. The van der Waals surface area contributed by atoms with Crippen molar-refractivity contribution in [2.75, 3.05) is 19.7 Å². The summed E-state index contributed by atoms with van der Waals surface area (Å²) < 4.78 is 5.20. The lowest BCUT2D eigenvalue weighted by Crippen LogP contribution is -2.40. The molecule has 1 aliphatic heterocycles. The molecule has 1 amide bonds. The maximum atomic E-state index is 12.4. The van der Waals surface area contributed by atoms with E-state index < -0.39 is 0 Å². The monoisotopic (exact) mass is 289 g/mol. The third-order valence-electron chi connectivity index (χ3n) is 3.91. The molecule has 1 saturated heterocycles. The van der Waals surface area contributed by atoms with Gasteiger partial charge in [-0.15, -0.1) is 0 Å². The van der Waals surface area contributed by atoms with E-state index in [4.69, 9.17) is 4.74 Å². The van der Waals surface area contributed by atoms with Crippen LogP contribution in [0, 0.1) is 5.92 Å². The molecule has 2 rings (SSSR count). The van der Waals surface area contributed by atoms with Crippen LogP contribution in [0.3, 0.4) is 0 Å². The highest BCUT2D eigenvalue weighted by atomic mass is 16.6. The summed E-state index contributed by atoms with van der Waals surface area (Å²) in [7, 11) is 0. The van der Waals surface area contributed by atoms with E-state index >= 15 is 0 Å². The van der Waals surface area contributed by atoms with E-state index in [1.165, 1.54) is 0 Å². The van der Waals surface area contributed by atoms with Crippen molar-refractivity contribution in [3.05, 3.63) is 35.9 Å². The van der Waals surface area contributed by atoms with Crippen molar-refractivity contribution in [3.63, 3.8) is 0 Å². The Kier molecular flexibility index (Phi) is 5.78. The molecule has 1 aromatic rings. The molecule has 4 nitrogen and oxygen atoms in total. The van der Waals surface area contributed by atoms with Gasteiger partial charge in [-0.1, -0.05) is 43.7 Å². The molecule has 0 aromatic heterocycles. The Morgan fingerprint density at radius 1 is 1.19 bits per heavy atom. The molecule has 21 heavy (non-hydrogen) atoms. The van der Waals surface area contributed by atoms with Crippen LogP contribution in [0.25, 0.3) is 0 Å². The summed E-state index contributed by atoms with van der Waals surface area (Å²) in [4.78, 5) is 25.9. The highest BCUT2D eigenvalue weighted by molar-refractivity contribution is 5.97. The zero-order valence-corrected chi connectivity index (χ0v) is 12.6. The van der Waals surface area contributed by atoms with Crippen LogP contribution in [-0.2, 0) is 4.74 Å². The third-order valence-corrected chi connectivity index (χ3v) is 3.91. The number of carbonyl (C=O) groups excluding carboxylic acids is 2. The molecule has 0 saturated carbocycles. The van der Waals surface area contributed by atoms with Crippen LogP contribution in [0.15, 0.2) is 30.3 Å². The van der Waals surface area contributed by atoms with Gasteiger partial charge in [0.15, 0.2) is 5.78 Å². The summed E-state index contributed by atoms with van der Waals surface area (Å²) in [6.45, 7) is 3.76. The molecule has 0 N–H and O–H groups in total. The van der Waals surface area contributed by atoms with Gasteiger partial charge >= 0.3 is 6.09 Å². The van der Waals surface area contributed by atoms with Gasteiger partial charge in [0.25, 0.3) is 0 Å². The second-order valence-electron chi connectivity index (χ2n) is 5.46. The Hall–Kier alpha value is -1.84. The lowest BCUT2D eigenvalue weighted by Gasteiger charge is -2.30. The predicted molar refractivity (Wildman–Crippen MR) is 81.3 cm³/mol. The standard InChI is InChI=1S/C17H23NO3/c1-2-3-13-21-17(20)18-11-9-15(10-12-18)16(19)14-7-5-4-6-8-14/h4-8,15H,2-3,9-13H2,1H3. The Balaban J connectivity index is 1.80. The number of amides is 1. The van der Waals surface area contributed by atoms with Gasteiger partial charge in [0.2, 0.25) is 0 Å². The van der Waals surface area contributed by atoms with Gasteiger partial charge in [-0.2, -0.15) is 0 Å². The summed E-state index contributed by atoms with van der Waals surface area (Å²) in [6, 6.07) is 9.38. The number of ether oxygens (including phenoxy) is 1. The van der Waals surface area contributed by atoms with Gasteiger partial charge in [-0.25, -0.2) is 4.79 Å². The van der Waals surface area contributed by atoms with Gasteiger partial charge in [0.05, 0.1) is 6.61 Å². The first-order valence-corrected chi connectivity index (χ1v) is 7.73. The molecule has 0 aliphatic carbocycles. The third kappa shape index (κ3) is 4.31. The second kappa shape index (κ2) is 7.81. The van der Waals surface area contributed by atoms with Crippen LogP contribution < -0.4 is 0 Å². The van der Waals surface area contributed by atoms with Crippen LogP contribution in [0.4, 0.5) is 4.79 Å². The molecule has 0 radical (unpaired) electrons. The molecule has 4 heteroatoms. The van der Waals surface area contributed by atoms with Crippen LogP contribution >= 0.6 is 0 Å². The number of nitrogens with zero attached hydrogens (tertiary/aromatic N) is 1. The number of unbranched alkanes of at least 4 members (excludes halogenated alkanes) is 1. The second-order valence-corrected chi connectivity index (χ2v) is 5.46. The number of Topliss-reactive ketones (excluding diaryl/α,β-unsaturated/α-hetero) is 1. The minimum absolute atomic E-state index is 0.0205. The number of likely N-dealkylation sites (tertiary alicyclic amines) is 1. The molecule has 1 heterocycles. The van der Waals surface area contributed by atoms with Crippen LogP contribution in [0.1, 0.15) is 43.0 Å². The van der Waals surface area contributed by atoms with Gasteiger partial charge in [0, 0.05) is 24.6 Å². The number of rotatable bonds is 5. The quantitative estimate of drug-likeness (QED) is 0.615. The van der Waals surface area contributed by atoms with E-state index in [9.17, 15) is 9.59 Å². The number of benzene rings is 1. The molecule has 114 valence electrons. The maximum Gasteiger partial charge on any atom is 0.409 e. The lowest BCUT2D eigenvalue weighted by atomic mass is 9.89. The Morgan fingerprint density at radius 2 is 1.86 bits per heavy atom. The topological polar surface area (TPSA) is 46.6 Å². The van der Waals surface area contributed by atoms with Gasteiger partial charge < -0.3 is 9.64 Å². The van der Waals surface area contributed by atoms with Crippen molar-refractivity contribution in [2.45, 2.75) is 32.6 Å². The molecule has 0 bridgehead atoms. The van der Waals surface area contributed by atoms with Gasteiger partial charge in [-0.3, -0.25) is 4.79 Å². The molecule has 0 spiro atoms. The van der Waals surface area contributed by atoms with Crippen molar-refractivity contribution in [1.29, 1.82) is 0 Å². The first-order chi connectivity index (χ1) is 10.2. The Labute approximate surface area is 126 Å². The fourth-order valence-electron chi connectivity index (χ4n) is 2.56. The fourth-order valence-corrected chi connectivity index (χ4v) is 2.56. The first kappa shape index (κ1) is 15.5. The van der Waals surface area contributed by atoms with Crippen molar-refractivity contribution >= 4 is 11.9 Å². The van der Waals surface area contributed by atoms with Crippen molar-refractivity contribution < 1.29 is 14.3 Å². The fraction of sp³-hybridized carbons (Fsp3) is 0.529. The highest BCUT2D eigenvalue weighted by Gasteiger charge is 2.28. The van der Waals surface area contributed by atoms with Crippen molar-refractivity contribution in [3.8, 4) is 0 Å². The van der Waals surface area contributed by atoms with Gasteiger partial charge in [-0.05, 0) is 19.3 Å². The van der Waals surface area contributed by atoms with E-state index in [1.54, 1.807) is 4.90 Å². The SMILES string of the molecule is CCCCOC(=O)N1CCC(C(=O)c2ccccc2)CC1. The highest BCUT2D eigenvalue weighted by Crippen LogP contribution is 2.22. The maximum absolute atomic E-state index is 12.4. The zero-order valence-electron chi connectivity index (χ0n) is 12.6. The smallest absolute Gasteiger partial charge is 0.409 e. The summed E-state index contributed by atoms with van der Waals surface area (Å²) in [5.41, 5.74) is 0.765. The van der Waals surface area contributed by atoms with Crippen LogP contribution in [0.5, 0.6) is 0 Å². The van der Waals surface area contributed by atoms with Crippen molar-refractivity contribution in [2.24, 2.45) is 5.92 Å². The number of piperidine rings is 1. The summed E-state index contributed by atoms with van der Waals surface area (Å²) in [5, 5.41) is 0. The number of hydrogen-bond donors (Lipinski definition) is 0. The Morgan fingerprint density at radius 3 is 2.48 bits per heavy atom. The zero-order chi connectivity index (χ0) is 15.1. The molecular formula is C17H23NO3. The van der Waals surface area contributed by atoms with E-state index in [1.807, 2.05) is 30.3 Å². The average molecular weight is 289 g/mol. The molecule has 1 aromatic carbocycles. The summed E-state index contributed by atoms with van der Waals surface area (Å²) in [5.74, 6) is 0.210. The average Bonchev–Trinajstić information content (AvgIpc) is 2.55. The molecule has 0 unspecified atom stereocenters. The van der Waals surface area contributed by atoms with E-state index in [-0.39, 0.29) is 17.8 Å². The number of hydrogen-bond acceptors (Lipinski definition) is 3. The normalized spacial score (nSPS) is 15.8. The summed E-state index contributed by atoms with van der Waals surface area (Å²) in [6.07, 6.45) is 3.11.